The predicted molar refractivity (Wildman–Crippen MR) is 67.5 cm³/mol. The van der Waals surface area contributed by atoms with Gasteiger partial charge in [0.25, 0.3) is 0 Å². The van der Waals surface area contributed by atoms with Crippen LogP contribution in [0.4, 0.5) is 10.1 Å². The van der Waals surface area contributed by atoms with E-state index in [2.05, 4.69) is 5.32 Å². The van der Waals surface area contributed by atoms with Crippen LogP contribution in [0.1, 0.15) is 13.8 Å². The number of nitrogens with zero attached hydrogens (tertiary/aromatic N) is 1. The van der Waals surface area contributed by atoms with Crippen molar-refractivity contribution in [2.75, 3.05) is 18.1 Å². The summed E-state index contributed by atoms with van der Waals surface area (Å²) in [7, 11) is 0. The number of piperazine rings is 1. The molecule has 1 heterocycles. The van der Waals surface area contributed by atoms with E-state index in [9.17, 15) is 14.0 Å². The Morgan fingerprint density at radius 1 is 1.47 bits per heavy atom. The van der Waals surface area contributed by atoms with Crippen LogP contribution < -0.4 is 15.0 Å². The lowest BCUT2D eigenvalue weighted by Crippen LogP contribution is -2.57. The number of nitrogens with one attached hydrogen (secondary N) is 1. The van der Waals surface area contributed by atoms with Gasteiger partial charge in [-0.2, -0.15) is 0 Å². The average molecular weight is 266 g/mol. The highest BCUT2D eigenvalue weighted by Gasteiger charge is 2.30. The Bertz CT molecular complexity index is 519. The lowest BCUT2D eigenvalue weighted by Gasteiger charge is -2.30. The van der Waals surface area contributed by atoms with Gasteiger partial charge in [-0.25, -0.2) is 4.39 Å². The third kappa shape index (κ3) is 2.67. The largest absolute Gasteiger partial charge is 0.491 e. The maximum absolute atomic E-state index is 13.7. The fraction of sp³-hybridized carbons (Fsp3) is 0.385. The molecule has 102 valence electrons. The van der Waals surface area contributed by atoms with Crippen molar-refractivity contribution in [3.05, 3.63) is 24.0 Å². The number of carbonyl (C=O) groups is 2. The standard InChI is InChI=1S/C13H15FN2O3/c1-3-19-11-5-4-9(6-10(11)14)16-7-12(17)15-8(2)13(16)18/h4-6,8H,3,7H2,1-2H3,(H,15,17). The first-order chi connectivity index (χ1) is 9.02. The summed E-state index contributed by atoms with van der Waals surface area (Å²) in [5.41, 5.74) is 0.354. The number of hydrogen-bond acceptors (Lipinski definition) is 3. The Labute approximate surface area is 110 Å². The molecule has 1 aromatic rings. The van der Waals surface area contributed by atoms with Crippen molar-refractivity contribution in [1.29, 1.82) is 0 Å². The zero-order valence-corrected chi connectivity index (χ0v) is 10.8. The Kier molecular flexibility index (Phi) is 3.69. The van der Waals surface area contributed by atoms with Gasteiger partial charge in [-0.3, -0.25) is 9.59 Å². The van der Waals surface area contributed by atoms with E-state index in [1.165, 1.54) is 17.0 Å². The second kappa shape index (κ2) is 5.26. The third-order valence-corrected chi connectivity index (χ3v) is 2.84. The van der Waals surface area contributed by atoms with Crippen LogP contribution in [0.25, 0.3) is 0 Å². The predicted octanol–water partition coefficient (Wildman–Crippen LogP) is 1.08. The quantitative estimate of drug-likeness (QED) is 0.890. The molecule has 1 aliphatic rings. The molecule has 1 saturated heterocycles. The van der Waals surface area contributed by atoms with Crippen LogP contribution in [-0.4, -0.2) is 31.0 Å². The van der Waals surface area contributed by atoms with Gasteiger partial charge in [0.05, 0.1) is 6.61 Å². The summed E-state index contributed by atoms with van der Waals surface area (Å²) in [4.78, 5) is 24.7. The van der Waals surface area contributed by atoms with Crippen LogP contribution in [0.15, 0.2) is 18.2 Å². The molecule has 0 aromatic heterocycles. The molecule has 1 fully saturated rings. The van der Waals surface area contributed by atoms with E-state index < -0.39 is 11.9 Å². The highest BCUT2D eigenvalue weighted by atomic mass is 19.1. The number of anilines is 1. The van der Waals surface area contributed by atoms with Crippen molar-refractivity contribution in [3.63, 3.8) is 0 Å². The molecule has 1 aromatic carbocycles. The molecular weight excluding hydrogens is 251 g/mol. The van der Waals surface area contributed by atoms with Gasteiger partial charge in [0.1, 0.15) is 12.6 Å². The summed E-state index contributed by atoms with van der Waals surface area (Å²) in [6.45, 7) is 3.61. The van der Waals surface area contributed by atoms with Crippen molar-refractivity contribution in [2.24, 2.45) is 0 Å². The number of benzene rings is 1. The molecule has 1 atom stereocenters. The fourth-order valence-corrected chi connectivity index (χ4v) is 1.95. The van der Waals surface area contributed by atoms with Crippen molar-refractivity contribution >= 4 is 17.5 Å². The highest BCUT2D eigenvalue weighted by Crippen LogP contribution is 2.25. The number of ether oxygens (including phenoxy) is 1. The van der Waals surface area contributed by atoms with E-state index in [1.807, 2.05) is 0 Å². The lowest BCUT2D eigenvalue weighted by molar-refractivity contribution is -0.130. The van der Waals surface area contributed by atoms with Crippen LogP contribution >= 0.6 is 0 Å². The molecule has 6 heteroatoms. The molecule has 1 unspecified atom stereocenters. The van der Waals surface area contributed by atoms with Crippen LogP contribution in [0, 0.1) is 5.82 Å². The number of hydrogen-bond donors (Lipinski definition) is 1. The molecular formula is C13H15FN2O3. The Balaban J connectivity index is 2.28. The van der Waals surface area contributed by atoms with E-state index in [0.29, 0.717) is 12.3 Å². The maximum Gasteiger partial charge on any atom is 0.249 e. The zero-order chi connectivity index (χ0) is 14.0. The van der Waals surface area contributed by atoms with E-state index in [0.717, 1.165) is 0 Å². The van der Waals surface area contributed by atoms with Crippen LogP contribution in [0.2, 0.25) is 0 Å². The first kappa shape index (κ1) is 13.3. The Hall–Kier alpha value is -2.11. The number of rotatable bonds is 3. The lowest BCUT2D eigenvalue weighted by atomic mass is 10.1. The highest BCUT2D eigenvalue weighted by molar-refractivity contribution is 6.06. The number of halogens is 1. The van der Waals surface area contributed by atoms with E-state index in [1.54, 1.807) is 19.9 Å². The van der Waals surface area contributed by atoms with Crippen molar-refractivity contribution in [3.8, 4) is 5.75 Å². The normalized spacial score (nSPS) is 19.3. The van der Waals surface area contributed by atoms with Crippen molar-refractivity contribution in [1.82, 2.24) is 5.32 Å². The molecule has 2 rings (SSSR count). The van der Waals surface area contributed by atoms with E-state index in [4.69, 9.17) is 4.74 Å². The minimum atomic E-state index is -0.601. The van der Waals surface area contributed by atoms with Crippen LogP contribution in [-0.2, 0) is 9.59 Å². The second-order valence-electron chi connectivity index (χ2n) is 4.26. The van der Waals surface area contributed by atoms with E-state index in [-0.39, 0.29) is 24.1 Å². The molecule has 0 aliphatic carbocycles. The van der Waals surface area contributed by atoms with Crippen molar-refractivity contribution < 1.29 is 18.7 Å². The van der Waals surface area contributed by atoms with Gasteiger partial charge in [-0.1, -0.05) is 0 Å². The first-order valence-electron chi connectivity index (χ1n) is 6.06. The number of amides is 2. The molecule has 5 nitrogen and oxygen atoms in total. The van der Waals surface area contributed by atoms with Crippen LogP contribution in [0.5, 0.6) is 5.75 Å². The minimum absolute atomic E-state index is 0.101. The SMILES string of the molecule is CCOc1ccc(N2CC(=O)NC(C)C2=O)cc1F. The van der Waals surface area contributed by atoms with Crippen molar-refractivity contribution in [2.45, 2.75) is 19.9 Å². The molecule has 0 bridgehead atoms. The fourth-order valence-electron chi connectivity index (χ4n) is 1.95. The smallest absolute Gasteiger partial charge is 0.249 e. The maximum atomic E-state index is 13.7. The number of carbonyl (C=O) groups excluding carboxylic acids is 2. The van der Waals surface area contributed by atoms with E-state index >= 15 is 0 Å². The third-order valence-electron chi connectivity index (χ3n) is 2.84. The zero-order valence-electron chi connectivity index (χ0n) is 10.8. The van der Waals surface area contributed by atoms with Crippen LogP contribution in [0.3, 0.4) is 0 Å². The molecule has 2 amide bonds. The van der Waals surface area contributed by atoms with Gasteiger partial charge < -0.3 is 15.0 Å². The summed E-state index contributed by atoms with van der Waals surface area (Å²) in [6.07, 6.45) is 0. The summed E-state index contributed by atoms with van der Waals surface area (Å²) in [5, 5.41) is 2.53. The average Bonchev–Trinajstić information content (AvgIpc) is 2.36. The summed E-state index contributed by atoms with van der Waals surface area (Å²) < 4.78 is 18.8. The van der Waals surface area contributed by atoms with Gasteiger partial charge in [-0.15, -0.1) is 0 Å². The molecule has 1 aliphatic heterocycles. The first-order valence-corrected chi connectivity index (χ1v) is 6.06. The van der Waals surface area contributed by atoms with Gasteiger partial charge in [0, 0.05) is 11.8 Å². The Morgan fingerprint density at radius 2 is 2.21 bits per heavy atom. The molecule has 1 N–H and O–H groups in total. The molecule has 0 spiro atoms. The topological polar surface area (TPSA) is 58.6 Å². The second-order valence-corrected chi connectivity index (χ2v) is 4.26. The molecule has 19 heavy (non-hydrogen) atoms. The minimum Gasteiger partial charge on any atom is -0.491 e. The van der Waals surface area contributed by atoms with Gasteiger partial charge >= 0.3 is 0 Å². The monoisotopic (exact) mass is 266 g/mol. The Morgan fingerprint density at radius 3 is 2.84 bits per heavy atom. The summed E-state index contributed by atoms with van der Waals surface area (Å²) in [6, 6.07) is 3.63. The molecule has 0 saturated carbocycles. The summed E-state index contributed by atoms with van der Waals surface area (Å²) >= 11 is 0. The van der Waals surface area contributed by atoms with Gasteiger partial charge in [0.2, 0.25) is 11.8 Å². The van der Waals surface area contributed by atoms with Gasteiger partial charge in [-0.05, 0) is 26.0 Å². The molecule has 0 radical (unpaired) electrons. The summed E-state index contributed by atoms with van der Waals surface area (Å²) in [5.74, 6) is -0.941. The van der Waals surface area contributed by atoms with Gasteiger partial charge in [0.15, 0.2) is 11.6 Å².